The van der Waals surface area contributed by atoms with Gasteiger partial charge in [-0.1, -0.05) is 6.07 Å². The third-order valence-electron chi connectivity index (χ3n) is 4.10. The van der Waals surface area contributed by atoms with Crippen molar-refractivity contribution in [1.29, 1.82) is 0 Å². The van der Waals surface area contributed by atoms with Gasteiger partial charge in [-0.25, -0.2) is 4.39 Å². The Morgan fingerprint density at radius 1 is 1.38 bits per heavy atom. The van der Waals surface area contributed by atoms with Crippen molar-refractivity contribution in [2.45, 2.75) is 12.3 Å². The Balaban J connectivity index is 1.68. The molecule has 126 valence electrons. The van der Waals surface area contributed by atoms with Crippen LogP contribution >= 0.6 is 0 Å². The van der Waals surface area contributed by atoms with Crippen LogP contribution in [0.1, 0.15) is 28.3 Å². The maximum Gasteiger partial charge on any atom is 0.257 e. The van der Waals surface area contributed by atoms with Crippen molar-refractivity contribution in [2.75, 3.05) is 26.2 Å². The zero-order valence-corrected chi connectivity index (χ0v) is 13.3. The normalized spacial score (nSPS) is 14.3. The van der Waals surface area contributed by atoms with Gasteiger partial charge in [-0.3, -0.25) is 9.78 Å². The Labute approximate surface area is 140 Å². The maximum atomic E-state index is 13.6. The van der Waals surface area contributed by atoms with Gasteiger partial charge in [0.2, 0.25) is 0 Å². The van der Waals surface area contributed by atoms with E-state index in [1.807, 2.05) is 18.3 Å². The summed E-state index contributed by atoms with van der Waals surface area (Å²) in [5.41, 5.74) is 6.82. The highest BCUT2D eigenvalue weighted by atomic mass is 19.1. The largest absolute Gasteiger partial charge is 0.493 e. The number of amides is 1. The Morgan fingerprint density at radius 3 is 2.92 bits per heavy atom. The van der Waals surface area contributed by atoms with Crippen molar-refractivity contribution in [3.05, 3.63) is 59.7 Å². The summed E-state index contributed by atoms with van der Waals surface area (Å²) in [6, 6.07) is 7.91. The topological polar surface area (TPSA) is 68.5 Å². The van der Waals surface area contributed by atoms with Crippen LogP contribution in [0.15, 0.2) is 42.7 Å². The molecular formula is C18H20FN3O2. The fourth-order valence-corrected chi connectivity index (χ4v) is 2.70. The number of hydrogen-bond acceptors (Lipinski definition) is 4. The predicted octanol–water partition coefficient (Wildman–Crippen LogP) is 2.19. The van der Waals surface area contributed by atoms with Crippen LogP contribution in [0.25, 0.3) is 0 Å². The molecule has 24 heavy (non-hydrogen) atoms. The summed E-state index contributed by atoms with van der Waals surface area (Å²) in [7, 11) is 0. The minimum atomic E-state index is -0.450. The number of ether oxygens (including phenoxy) is 1. The molecule has 0 spiro atoms. The first-order chi connectivity index (χ1) is 11.7. The fourth-order valence-electron chi connectivity index (χ4n) is 2.70. The first-order valence-electron chi connectivity index (χ1n) is 8.00. The van der Waals surface area contributed by atoms with Gasteiger partial charge in [0.05, 0.1) is 12.2 Å². The summed E-state index contributed by atoms with van der Waals surface area (Å²) in [5.74, 6) is 0.0174. The van der Waals surface area contributed by atoms with Crippen LogP contribution in [0.5, 0.6) is 5.75 Å². The van der Waals surface area contributed by atoms with Crippen LogP contribution in [0.2, 0.25) is 0 Å². The quantitative estimate of drug-likeness (QED) is 0.825. The molecule has 2 heterocycles. The molecule has 6 heteroatoms. The van der Waals surface area contributed by atoms with E-state index in [0.29, 0.717) is 38.4 Å². The van der Waals surface area contributed by atoms with Gasteiger partial charge in [-0.15, -0.1) is 0 Å². The van der Waals surface area contributed by atoms with E-state index in [2.05, 4.69) is 4.98 Å². The number of pyridine rings is 1. The second-order valence-electron chi connectivity index (χ2n) is 5.82. The van der Waals surface area contributed by atoms with Gasteiger partial charge in [-0.2, -0.15) is 0 Å². The molecule has 0 unspecified atom stereocenters. The summed E-state index contributed by atoms with van der Waals surface area (Å²) in [5, 5.41) is 0. The van der Waals surface area contributed by atoms with E-state index in [1.165, 1.54) is 18.2 Å². The van der Waals surface area contributed by atoms with Gasteiger partial charge in [0.1, 0.15) is 11.6 Å². The van der Waals surface area contributed by atoms with Crippen molar-refractivity contribution >= 4 is 5.91 Å². The average Bonchev–Trinajstić information content (AvgIpc) is 2.56. The van der Waals surface area contributed by atoms with Gasteiger partial charge in [0.25, 0.3) is 5.91 Å². The monoisotopic (exact) mass is 329 g/mol. The minimum absolute atomic E-state index is 0.211. The number of likely N-dealkylation sites (tertiary alicyclic amines) is 1. The molecule has 1 aromatic heterocycles. The molecular weight excluding hydrogens is 309 g/mol. The molecule has 1 amide bonds. The molecule has 2 aromatic rings. The van der Waals surface area contributed by atoms with E-state index in [-0.39, 0.29) is 17.4 Å². The number of carbonyl (C=O) groups excluding carboxylic acids is 1. The summed E-state index contributed by atoms with van der Waals surface area (Å²) in [4.78, 5) is 18.4. The fraction of sp³-hybridized carbons (Fsp3) is 0.333. The van der Waals surface area contributed by atoms with E-state index in [9.17, 15) is 9.18 Å². The molecule has 1 fully saturated rings. The van der Waals surface area contributed by atoms with Gasteiger partial charge < -0.3 is 15.4 Å². The lowest BCUT2D eigenvalue weighted by molar-refractivity contribution is 0.0597. The second-order valence-corrected chi connectivity index (χ2v) is 5.82. The Morgan fingerprint density at radius 2 is 2.21 bits per heavy atom. The average molecular weight is 329 g/mol. The number of nitrogens with two attached hydrogens (primary N) is 1. The number of halogens is 1. The number of nitrogens with zero attached hydrogens (tertiary/aromatic N) is 2. The molecule has 5 nitrogen and oxygen atoms in total. The molecule has 0 radical (unpaired) electrons. The smallest absolute Gasteiger partial charge is 0.257 e. The highest BCUT2D eigenvalue weighted by molar-refractivity contribution is 5.97. The first kappa shape index (κ1) is 16.4. The molecule has 1 aromatic carbocycles. The molecule has 1 saturated heterocycles. The minimum Gasteiger partial charge on any atom is -0.493 e. The summed E-state index contributed by atoms with van der Waals surface area (Å²) >= 11 is 0. The van der Waals surface area contributed by atoms with Crippen LogP contribution in [0.4, 0.5) is 4.39 Å². The van der Waals surface area contributed by atoms with E-state index in [1.54, 1.807) is 11.1 Å². The summed E-state index contributed by atoms with van der Waals surface area (Å²) < 4.78 is 19.1. The maximum absolute atomic E-state index is 13.6. The number of aromatic nitrogens is 1. The Kier molecular flexibility index (Phi) is 5.05. The van der Waals surface area contributed by atoms with Crippen molar-refractivity contribution in [2.24, 2.45) is 5.73 Å². The molecule has 3 rings (SSSR count). The lowest BCUT2D eigenvalue weighted by atomic mass is 9.92. The third kappa shape index (κ3) is 3.54. The molecule has 0 bridgehead atoms. The van der Waals surface area contributed by atoms with E-state index in [0.717, 1.165) is 5.56 Å². The summed E-state index contributed by atoms with van der Waals surface area (Å²) in [6.45, 7) is 2.11. The zero-order valence-electron chi connectivity index (χ0n) is 13.3. The van der Waals surface area contributed by atoms with Crippen molar-refractivity contribution in [1.82, 2.24) is 9.88 Å². The lowest BCUT2D eigenvalue weighted by Crippen LogP contribution is -2.48. The standard InChI is InChI=1S/C18H20FN3O2/c19-15-4-5-17(24-8-2-6-20)16(9-15)18(23)22-11-14(12-22)13-3-1-7-21-10-13/h1,3-5,7,9-10,14H,2,6,8,11-12,20H2. The second kappa shape index (κ2) is 7.40. The number of benzene rings is 1. The van der Waals surface area contributed by atoms with Gasteiger partial charge in [0, 0.05) is 31.4 Å². The Bertz CT molecular complexity index is 703. The number of rotatable bonds is 6. The Hall–Kier alpha value is -2.47. The van der Waals surface area contributed by atoms with Crippen molar-refractivity contribution in [3.8, 4) is 5.75 Å². The highest BCUT2D eigenvalue weighted by Gasteiger charge is 2.33. The van der Waals surface area contributed by atoms with Crippen LogP contribution in [-0.4, -0.2) is 42.0 Å². The predicted molar refractivity (Wildman–Crippen MR) is 88.4 cm³/mol. The SMILES string of the molecule is NCCCOc1ccc(F)cc1C(=O)N1CC(c2cccnc2)C1. The number of carbonyl (C=O) groups is 1. The van der Waals surface area contributed by atoms with E-state index < -0.39 is 5.82 Å². The summed E-state index contributed by atoms with van der Waals surface area (Å²) in [6.07, 6.45) is 4.22. The first-order valence-corrected chi connectivity index (χ1v) is 8.00. The van der Waals surface area contributed by atoms with Crippen LogP contribution in [-0.2, 0) is 0 Å². The van der Waals surface area contributed by atoms with Gasteiger partial charge >= 0.3 is 0 Å². The molecule has 2 N–H and O–H groups in total. The van der Waals surface area contributed by atoms with Crippen molar-refractivity contribution < 1.29 is 13.9 Å². The third-order valence-corrected chi connectivity index (χ3v) is 4.10. The molecule has 0 atom stereocenters. The zero-order chi connectivity index (χ0) is 16.9. The molecule has 0 aliphatic carbocycles. The van der Waals surface area contributed by atoms with E-state index in [4.69, 9.17) is 10.5 Å². The molecule has 1 aliphatic rings. The van der Waals surface area contributed by atoms with Crippen LogP contribution in [0.3, 0.4) is 0 Å². The van der Waals surface area contributed by atoms with Crippen molar-refractivity contribution in [3.63, 3.8) is 0 Å². The number of hydrogen-bond donors (Lipinski definition) is 1. The van der Waals surface area contributed by atoms with Crippen LogP contribution < -0.4 is 10.5 Å². The molecule has 1 aliphatic heterocycles. The molecule has 0 saturated carbocycles. The van der Waals surface area contributed by atoms with Gasteiger partial charge in [-0.05, 0) is 42.8 Å². The van der Waals surface area contributed by atoms with Gasteiger partial charge in [0.15, 0.2) is 0 Å². The highest BCUT2D eigenvalue weighted by Crippen LogP contribution is 2.30. The lowest BCUT2D eigenvalue weighted by Gasteiger charge is -2.39. The van der Waals surface area contributed by atoms with E-state index >= 15 is 0 Å². The van der Waals surface area contributed by atoms with Crippen LogP contribution in [0, 0.1) is 5.82 Å².